The number of rotatable bonds is 0. The molecule has 0 unspecified atom stereocenters. The molecule has 0 aliphatic heterocycles. The highest BCUT2D eigenvalue weighted by molar-refractivity contribution is 5.61. The average molecular weight is 131 g/mol. The number of hydrogen-bond donors (Lipinski definition) is 2. The van der Waals surface area contributed by atoms with Crippen LogP contribution in [0.5, 0.6) is 0 Å². The van der Waals surface area contributed by atoms with Crippen LogP contribution < -0.4 is 5.73 Å². The minimum absolute atomic E-state index is 1.33. The number of aromatic nitrogens is 2. The van der Waals surface area contributed by atoms with Crippen LogP contribution in [0.1, 0.15) is 0 Å². The number of hydrogen-bond acceptors (Lipinski definition) is 4. The smallest absolute Gasteiger partial charge is 0.402 e. The Kier molecular flexibility index (Phi) is 3.76. The molecule has 1 aromatic rings. The Labute approximate surface area is 50.3 Å². The van der Waals surface area contributed by atoms with Crippen molar-refractivity contribution in [2.75, 3.05) is 0 Å². The van der Waals surface area contributed by atoms with Crippen LogP contribution in [0.15, 0.2) is 17.0 Å². The minimum Gasteiger partial charge on any atom is -0.465 e. The monoisotopic (exact) mass is 131 g/mol. The molecule has 1 aromatic heterocycles. The van der Waals surface area contributed by atoms with Crippen LogP contribution in [-0.2, 0) is 0 Å². The molecule has 1 rings (SSSR count). The lowest BCUT2D eigenvalue weighted by Crippen LogP contribution is -2.03. The molecule has 9 heavy (non-hydrogen) atoms. The summed E-state index contributed by atoms with van der Waals surface area (Å²) >= 11 is 0. The van der Waals surface area contributed by atoms with Crippen LogP contribution in [0.3, 0.4) is 0 Å². The molecule has 0 saturated heterocycles. The van der Waals surface area contributed by atoms with Crippen molar-refractivity contribution in [1.82, 2.24) is 10.4 Å². The molecule has 6 heteroatoms. The summed E-state index contributed by atoms with van der Waals surface area (Å²) in [6.45, 7) is 0. The van der Waals surface area contributed by atoms with Crippen molar-refractivity contribution in [3.05, 3.63) is 12.5 Å². The van der Waals surface area contributed by atoms with Gasteiger partial charge in [-0.2, -0.15) is 0 Å². The molecule has 50 valence electrons. The van der Waals surface area contributed by atoms with E-state index in [9.17, 15) is 0 Å². The SMILES string of the molecule is NC(=O)O.c1conn1. The zero-order valence-electron chi connectivity index (χ0n) is 4.39. The molecule has 0 radical (unpaired) electrons. The fourth-order valence-corrected chi connectivity index (χ4v) is 0.136. The van der Waals surface area contributed by atoms with Gasteiger partial charge in [0.05, 0.1) is 6.20 Å². The largest absolute Gasteiger partial charge is 0.465 e. The summed E-state index contributed by atoms with van der Waals surface area (Å²) in [6.07, 6.45) is 1.54. The van der Waals surface area contributed by atoms with Gasteiger partial charge in [0.25, 0.3) is 0 Å². The topological polar surface area (TPSA) is 102 Å². The lowest BCUT2D eigenvalue weighted by atomic mass is 11.0. The number of carboxylic acid groups (broad SMARTS) is 1. The Morgan fingerprint density at radius 2 is 2.33 bits per heavy atom. The first-order chi connectivity index (χ1) is 4.23. The maximum absolute atomic E-state index is 8.78. The molecule has 0 fully saturated rings. The maximum atomic E-state index is 8.78. The molecule has 0 aliphatic carbocycles. The van der Waals surface area contributed by atoms with Crippen molar-refractivity contribution in [3.8, 4) is 0 Å². The molecule has 0 aliphatic rings. The number of carbonyl (C=O) groups is 1. The van der Waals surface area contributed by atoms with Gasteiger partial charge in [0, 0.05) is 5.27 Å². The van der Waals surface area contributed by atoms with E-state index in [1.54, 1.807) is 0 Å². The van der Waals surface area contributed by atoms with E-state index in [0.29, 0.717) is 0 Å². The summed E-state index contributed by atoms with van der Waals surface area (Å²) in [5, 5.41) is 13.6. The number of amides is 1. The van der Waals surface area contributed by atoms with E-state index in [1.165, 1.54) is 12.5 Å². The number of nitrogens with zero attached hydrogens (tertiary/aromatic N) is 2. The maximum Gasteiger partial charge on any atom is 0.402 e. The van der Waals surface area contributed by atoms with Crippen LogP contribution in [0.2, 0.25) is 0 Å². The van der Waals surface area contributed by atoms with E-state index >= 15 is 0 Å². The number of nitrogens with two attached hydrogens (primary N) is 1. The first-order valence-electron chi connectivity index (χ1n) is 1.93. The zero-order chi connectivity index (χ0) is 7.11. The van der Waals surface area contributed by atoms with Gasteiger partial charge in [0.15, 0.2) is 0 Å². The summed E-state index contributed by atoms with van der Waals surface area (Å²) in [7, 11) is 0. The summed E-state index contributed by atoms with van der Waals surface area (Å²) in [6, 6.07) is 0. The van der Waals surface area contributed by atoms with E-state index in [2.05, 4.69) is 20.6 Å². The Morgan fingerprint density at radius 3 is 2.44 bits per heavy atom. The predicted molar refractivity (Wildman–Crippen MR) is 26.5 cm³/mol. The van der Waals surface area contributed by atoms with Crippen LogP contribution >= 0.6 is 0 Å². The molecule has 0 saturated carbocycles. The first kappa shape index (κ1) is 7.41. The van der Waals surface area contributed by atoms with Gasteiger partial charge in [-0.25, -0.2) is 4.79 Å². The van der Waals surface area contributed by atoms with Gasteiger partial charge in [-0.3, -0.25) is 0 Å². The van der Waals surface area contributed by atoms with E-state index in [0.717, 1.165) is 0 Å². The van der Waals surface area contributed by atoms with Gasteiger partial charge in [0.2, 0.25) is 0 Å². The molecule has 1 amide bonds. The van der Waals surface area contributed by atoms with Gasteiger partial charge in [-0.05, 0) is 0 Å². The number of primary amides is 1. The van der Waals surface area contributed by atoms with Crippen LogP contribution in [0.4, 0.5) is 4.79 Å². The second-order valence-corrected chi connectivity index (χ2v) is 0.926. The molecule has 0 bridgehead atoms. The Hall–Kier alpha value is -1.59. The average Bonchev–Trinajstić information content (AvgIpc) is 2.11. The highest BCUT2D eigenvalue weighted by Crippen LogP contribution is 1.64. The van der Waals surface area contributed by atoms with Crippen molar-refractivity contribution >= 4 is 6.09 Å². The summed E-state index contributed by atoms with van der Waals surface area (Å²) < 4.78 is 4.22. The summed E-state index contributed by atoms with van der Waals surface area (Å²) in [5.41, 5.74) is 4.03. The van der Waals surface area contributed by atoms with E-state index in [1.807, 2.05) is 0 Å². The molecule has 3 N–H and O–H groups in total. The molecule has 0 spiro atoms. The van der Waals surface area contributed by atoms with Gasteiger partial charge >= 0.3 is 6.09 Å². The van der Waals surface area contributed by atoms with Crippen molar-refractivity contribution in [2.24, 2.45) is 5.73 Å². The molecular weight excluding hydrogens is 126 g/mol. The van der Waals surface area contributed by atoms with Gasteiger partial charge in [-0.15, -0.1) is 5.10 Å². The quantitative estimate of drug-likeness (QED) is 0.502. The Morgan fingerprint density at radius 1 is 1.78 bits per heavy atom. The van der Waals surface area contributed by atoms with Gasteiger partial charge in [0.1, 0.15) is 6.26 Å². The first-order valence-corrected chi connectivity index (χ1v) is 1.93. The molecule has 1 heterocycles. The van der Waals surface area contributed by atoms with E-state index in [-0.39, 0.29) is 0 Å². The fourth-order valence-electron chi connectivity index (χ4n) is 0.136. The highest BCUT2D eigenvalue weighted by atomic mass is 16.5. The van der Waals surface area contributed by atoms with Crippen LogP contribution in [0.25, 0.3) is 0 Å². The van der Waals surface area contributed by atoms with Crippen LogP contribution in [-0.4, -0.2) is 21.6 Å². The van der Waals surface area contributed by atoms with E-state index < -0.39 is 6.09 Å². The Balaban J connectivity index is 0.000000148. The summed E-state index contributed by atoms with van der Waals surface area (Å²) in [4.78, 5) is 8.78. The lowest BCUT2D eigenvalue weighted by Gasteiger charge is -1.61. The van der Waals surface area contributed by atoms with Crippen molar-refractivity contribution in [1.29, 1.82) is 0 Å². The second-order valence-electron chi connectivity index (χ2n) is 0.926. The predicted octanol–water partition coefficient (Wildman–Crippen LogP) is -0.307. The summed E-state index contributed by atoms with van der Waals surface area (Å²) in [5.74, 6) is 0. The normalized spacial score (nSPS) is 7.11. The molecular formula is C3H5N3O3. The van der Waals surface area contributed by atoms with Gasteiger partial charge < -0.3 is 15.4 Å². The van der Waals surface area contributed by atoms with Crippen molar-refractivity contribution < 1.29 is 14.4 Å². The highest BCUT2D eigenvalue weighted by Gasteiger charge is 1.65. The van der Waals surface area contributed by atoms with Crippen molar-refractivity contribution in [2.45, 2.75) is 0 Å². The Bertz CT molecular complexity index is 128. The fraction of sp³-hybridized carbons (Fsp3) is 0. The third kappa shape index (κ3) is 10.7. The van der Waals surface area contributed by atoms with Gasteiger partial charge in [-0.1, -0.05) is 0 Å². The van der Waals surface area contributed by atoms with E-state index in [4.69, 9.17) is 9.90 Å². The third-order valence-electron chi connectivity index (χ3n) is 0.283. The zero-order valence-corrected chi connectivity index (χ0v) is 4.39. The minimum atomic E-state index is -1.33. The molecule has 0 atom stereocenters. The van der Waals surface area contributed by atoms with Crippen LogP contribution in [0, 0.1) is 0 Å². The second kappa shape index (κ2) is 4.57. The van der Waals surface area contributed by atoms with Crippen molar-refractivity contribution in [3.63, 3.8) is 0 Å². The lowest BCUT2D eigenvalue weighted by molar-refractivity contribution is 0.205. The third-order valence-corrected chi connectivity index (χ3v) is 0.283. The standard InChI is InChI=1S/C2H2N2O.CH3NO2/c1-2-5-4-3-1;2-1(3)4/h1-2H;2H2,(H,3,4). The molecule has 0 aromatic carbocycles. The molecule has 6 nitrogen and oxygen atoms in total.